The third-order valence-corrected chi connectivity index (χ3v) is 5.24. The van der Waals surface area contributed by atoms with Gasteiger partial charge in [0.1, 0.15) is 5.69 Å². The van der Waals surface area contributed by atoms with Gasteiger partial charge in [-0.3, -0.25) is 9.78 Å². The van der Waals surface area contributed by atoms with E-state index in [1.54, 1.807) is 24.7 Å². The number of ether oxygens (including phenoxy) is 1. The number of anilines is 1. The first-order valence-electron chi connectivity index (χ1n) is 9.12. The number of nitrogens with zero attached hydrogens (tertiary/aromatic N) is 4. The van der Waals surface area contributed by atoms with E-state index < -0.39 is 0 Å². The smallest absolute Gasteiger partial charge is 0.272 e. The quantitative estimate of drug-likeness (QED) is 0.911. The molecule has 0 saturated carbocycles. The van der Waals surface area contributed by atoms with Crippen molar-refractivity contribution in [3.63, 3.8) is 0 Å². The molecule has 2 aromatic rings. The molecule has 1 amide bonds. The summed E-state index contributed by atoms with van der Waals surface area (Å²) in [6, 6.07) is 7.54. The van der Waals surface area contributed by atoms with E-state index in [9.17, 15) is 4.79 Å². The molecular formula is C19H23N5O2. The van der Waals surface area contributed by atoms with Crippen molar-refractivity contribution in [1.29, 1.82) is 0 Å². The summed E-state index contributed by atoms with van der Waals surface area (Å²) in [6.07, 6.45) is 8.69. The van der Waals surface area contributed by atoms with Crippen LogP contribution < -0.4 is 5.32 Å². The Balaban J connectivity index is 1.36. The zero-order valence-electron chi connectivity index (χ0n) is 14.7. The summed E-state index contributed by atoms with van der Waals surface area (Å²) < 4.78 is 6.17. The third-order valence-electron chi connectivity index (χ3n) is 5.24. The summed E-state index contributed by atoms with van der Waals surface area (Å²) >= 11 is 0. The zero-order chi connectivity index (χ0) is 17.8. The second-order valence-electron chi connectivity index (χ2n) is 6.95. The fraction of sp³-hybridized carbons (Fsp3) is 0.474. The highest BCUT2D eigenvalue weighted by Crippen LogP contribution is 2.36. The van der Waals surface area contributed by atoms with Crippen molar-refractivity contribution in [3.05, 3.63) is 48.5 Å². The Hall–Kier alpha value is -2.54. The average molecular weight is 353 g/mol. The summed E-state index contributed by atoms with van der Waals surface area (Å²) in [6.45, 7) is 2.12. The molecule has 1 spiro atoms. The molecule has 1 N–H and O–H groups in total. The maximum Gasteiger partial charge on any atom is 0.272 e. The van der Waals surface area contributed by atoms with Crippen molar-refractivity contribution in [1.82, 2.24) is 19.9 Å². The van der Waals surface area contributed by atoms with Gasteiger partial charge >= 0.3 is 0 Å². The minimum absolute atomic E-state index is 0.00335. The Kier molecular flexibility index (Phi) is 4.79. The second-order valence-corrected chi connectivity index (χ2v) is 6.95. The van der Waals surface area contributed by atoms with E-state index in [0.717, 1.165) is 32.3 Å². The maximum atomic E-state index is 12.6. The van der Waals surface area contributed by atoms with E-state index in [0.29, 0.717) is 30.8 Å². The monoisotopic (exact) mass is 353 g/mol. The molecule has 2 aromatic heterocycles. The number of likely N-dealkylation sites (tertiary alicyclic amines) is 1. The van der Waals surface area contributed by atoms with Crippen molar-refractivity contribution in [2.45, 2.75) is 37.3 Å². The van der Waals surface area contributed by atoms with Gasteiger partial charge in [0, 0.05) is 44.3 Å². The molecule has 0 unspecified atom stereocenters. The van der Waals surface area contributed by atoms with Crippen molar-refractivity contribution in [2.75, 3.05) is 25.0 Å². The molecule has 0 radical (unpaired) electrons. The van der Waals surface area contributed by atoms with E-state index in [1.807, 2.05) is 23.1 Å². The molecule has 0 aromatic carbocycles. The predicted octanol–water partition coefficient (Wildman–Crippen LogP) is 2.14. The van der Waals surface area contributed by atoms with Crippen LogP contribution in [0.25, 0.3) is 0 Å². The first kappa shape index (κ1) is 16.9. The first-order valence-corrected chi connectivity index (χ1v) is 9.12. The molecule has 0 aliphatic carbocycles. The first-order chi connectivity index (χ1) is 12.7. The Morgan fingerprint density at radius 2 is 1.88 bits per heavy atom. The third kappa shape index (κ3) is 3.67. The normalized spacial score (nSPS) is 22.2. The van der Waals surface area contributed by atoms with Crippen LogP contribution in [0.3, 0.4) is 0 Å². The minimum atomic E-state index is -0.161. The largest absolute Gasteiger partial charge is 0.375 e. The van der Waals surface area contributed by atoms with Gasteiger partial charge in [0.15, 0.2) is 0 Å². The molecule has 136 valence electrons. The summed E-state index contributed by atoms with van der Waals surface area (Å²) in [4.78, 5) is 27.1. The Bertz CT molecular complexity index is 732. The lowest BCUT2D eigenvalue weighted by Crippen LogP contribution is -2.52. The molecule has 2 saturated heterocycles. The fourth-order valence-corrected chi connectivity index (χ4v) is 3.82. The number of aromatic nitrogens is 3. The van der Waals surface area contributed by atoms with Crippen LogP contribution in [0, 0.1) is 0 Å². The van der Waals surface area contributed by atoms with Gasteiger partial charge in [-0.05, 0) is 43.9 Å². The highest BCUT2D eigenvalue weighted by Gasteiger charge is 2.41. The van der Waals surface area contributed by atoms with Crippen LogP contribution in [0.4, 0.5) is 5.95 Å². The van der Waals surface area contributed by atoms with Crippen molar-refractivity contribution < 1.29 is 9.53 Å². The van der Waals surface area contributed by atoms with Gasteiger partial charge < -0.3 is 15.0 Å². The van der Waals surface area contributed by atoms with Crippen molar-refractivity contribution in [3.8, 4) is 0 Å². The lowest BCUT2D eigenvalue weighted by atomic mass is 9.82. The van der Waals surface area contributed by atoms with Gasteiger partial charge in [0.05, 0.1) is 5.60 Å². The summed E-state index contributed by atoms with van der Waals surface area (Å²) in [7, 11) is 0. The summed E-state index contributed by atoms with van der Waals surface area (Å²) in [5, 5.41) is 3.42. The topological polar surface area (TPSA) is 80.2 Å². The van der Waals surface area contributed by atoms with Crippen LogP contribution >= 0.6 is 0 Å². The summed E-state index contributed by atoms with van der Waals surface area (Å²) in [5.41, 5.74) is 0.347. The molecule has 1 atom stereocenters. The minimum Gasteiger partial charge on any atom is -0.375 e. The maximum absolute atomic E-state index is 12.6. The lowest BCUT2D eigenvalue weighted by molar-refractivity contribution is -0.110. The van der Waals surface area contributed by atoms with E-state index in [2.05, 4.69) is 20.3 Å². The molecule has 4 heterocycles. The van der Waals surface area contributed by atoms with Crippen molar-refractivity contribution >= 4 is 11.9 Å². The van der Waals surface area contributed by atoms with Crippen LogP contribution in [0.1, 0.15) is 36.2 Å². The molecule has 0 bridgehead atoms. The molecular weight excluding hydrogens is 330 g/mol. The van der Waals surface area contributed by atoms with Crippen LogP contribution in [0.2, 0.25) is 0 Å². The number of amides is 1. The van der Waals surface area contributed by atoms with Gasteiger partial charge in [0.2, 0.25) is 5.95 Å². The standard InChI is InChI=1S/C19H23N5O2/c25-17(16-4-1-2-8-20-16)24-11-6-19(7-12-24)14-15(5-13-26-19)23-18-21-9-3-10-22-18/h1-4,8-10,15H,5-7,11-14H2,(H,21,22,23)/t15-/m1/s1. The van der Waals surface area contributed by atoms with Crippen LogP contribution in [-0.4, -0.2) is 57.1 Å². The number of hydrogen-bond donors (Lipinski definition) is 1. The van der Waals surface area contributed by atoms with Gasteiger partial charge in [-0.2, -0.15) is 0 Å². The summed E-state index contributed by atoms with van der Waals surface area (Å²) in [5.74, 6) is 0.668. The molecule has 4 rings (SSSR count). The van der Waals surface area contributed by atoms with E-state index >= 15 is 0 Å². The molecule has 26 heavy (non-hydrogen) atoms. The average Bonchev–Trinajstić information content (AvgIpc) is 2.70. The van der Waals surface area contributed by atoms with Crippen LogP contribution in [-0.2, 0) is 4.74 Å². The van der Waals surface area contributed by atoms with Crippen LogP contribution in [0.15, 0.2) is 42.9 Å². The highest BCUT2D eigenvalue weighted by molar-refractivity contribution is 5.92. The zero-order valence-corrected chi connectivity index (χ0v) is 14.7. The second kappa shape index (κ2) is 7.37. The number of nitrogens with one attached hydrogen (secondary N) is 1. The molecule has 7 nitrogen and oxygen atoms in total. The number of piperidine rings is 1. The van der Waals surface area contributed by atoms with Gasteiger partial charge in [-0.15, -0.1) is 0 Å². The Labute approximate surface area is 152 Å². The van der Waals surface area contributed by atoms with Crippen molar-refractivity contribution in [2.24, 2.45) is 0 Å². The Morgan fingerprint density at radius 1 is 1.12 bits per heavy atom. The fourth-order valence-electron chi connectivity index (χ4n) is 3.82. The molecule has 2 aliphatic heterocycles. The van der Waals surface area contributed by atoms with Gasteiger partial charge in [-0.25, -0.2) is 9.97 Å². The lowest BCUT2D eigenvalue weighted by Gasteiger charge is -2.46. The highest BCUT2D eigenvalue weighted by atomic mass is 16.5. The SMILES string of the molecule is O=C(c1ccccn1)N1CCC2(CC1)C[C@H](Nc1ncccn1)CCO2. The molecule has 2 aliphatic rings. The Morgan fingerprint density at radius 3 is 2.62 bits per heavy atom. The van der Waals surface area contributed by atoms with E-state index in [4.69, 9.17) is 4.74 Å². The predicted molar refractivity (Wildman–Crippen MR) is 96.7 cm³/mol. The van der Waals surface area contributed by atoms with E-state index in [1.165, 1.54) is 0 Å². The van der Waals surface area contributed by atoms with E-state index in [-0.39, 0.29) is 11.5 Å². The number of pyridine rings is 1. The van der Waals surface area contributed by atoms with Gasteiger partial charge in [0.25, 0.3) is 5.91 Å². The number of carbonyl (C=O) groups is 1. The number of carbonyl (C=O) groups excluding carboxylic acids is 1. The number of hydrogen-bond acceptors (Lipinski definition) is 6. The molecule has 2 fully saturated rings. The molecule has 7 heteroatoms. The van der Waals surface area contributed by atoms with Crippen LogP contribution in [0.5, 0.6) is 0 Å². The number of rotatable bonds is 3. The van der Waals surface area contributed by atoms with Gasteiger partial charge in [-0.1, -0.05) is 6.07 Å².